The predicted molar refractivity (Wildman–Crippen MR) is 141 cm³/mol. The Morgan fingerprint density at radius 1 is 0.921 bits per heavy atom. The number of benzene rings is 3. The lowest BCUT2D eigenvalue weighted by molar-refractivity contribution is -0.380. The zero-order valence-electron chi connectivity index (χ0n) is 21.0. The van der Waals surface area contributed by atoms with Gasteiger partial charge in [0.05, 0.1) is 6.07 Å². The molecule has 0 unspecified atom stereocenters. The van der Waals surface area contributed by atoms with Gasteiger partial charge in [0.15, 0.2) is 12.2 Å². The molecule has 4 rings (SSSR count). The number of nitrogens with one attached hydrogen (secondary N) is 2. The molecule has 0 bridgehead atoms. The fourth-order valence-electron chi connectivity index (χ4n) is 4.17. The van der Waals surface area contributed by atoms with E-state index < -0.39 is 24.0 Å². The highest BCUT2D eigenvalue weighted by atomic mass is 16.5. The summed E-state index contributed by atoms with van der Waals surface area (Å²) in [6, 6.07) is 21.8. The van der Waals surface area contributed by atoms with Gasteiger partial charge < -0.3 is 30.1 Å². The molecule has 0 aromatic heterocycles. The van der Waals surface area contributed by atoms with Crippen LogP contribution in [0.1, 0.15) is 11.1 Å². The van der Waals surface area contributed by atoms with Crippen LogP contribution in [0.25, 0.3) is 0 Å². The molecule has 4 N–H and O–H groups in total. The molecule has 10 nitrogen and oxygen atoms in total. The van der Waals surface area contributed by atoms with E-state index in [9.17, 15) is 24.7 Å². The monoisotopic (exact) mass is 519 g/mol. The Morgan fingerprint density at radius 2 is 1.58 bits per heavy atom. The minimum absolute atomic E-state index is 0.0849. The quantitative estimate of drug-likeness (QED) is 0.331. The summed E-state index contributed by atoms with van der Waals surface area (Å²) in [7, 11) is 0. The minimum Gasteiger partial charge on any atom is -0.457 e. The Kier molecular flexibility index (Phi) is 8.67. The average Bonchev–Trinajstić information content (AvgIpc) is 2.97. The number of carbonyl (C=O) groups excluding carboxylic acids is 2. The van der Waals surface area contributed by atoms with Gasteiger partial charge in [-0.3, -0.25) is 9.59 Å². The van der Waals surface area contributed by atoms with Gasteiger partial charge >= 0.3 is 0 Å². The maximum Gasteiger partial charge on any atom is 0.259 e. The van der Waals surface area contributed by atoms with Crippen LogP contribution in [0.15, 0.2) is 72.8 Å². The summed E-state index contributed by atoms with van der Waals surface area (Å²) >= 11 is 0. The number of ether oxygens (including phenoxy) is 1. The van der Waals surface area contributed by atoms with Crippen LogP contribution in [0, 0.1) is 11.8 Å². The third kappa shape index (κ3) is 6.53. The highest BCUT2D eigenvalue weighted by molar-refractivity contribution is 5.90. The molecule has 1 fully saturated rings. The Morgan fingerprint density at radius 3 is 2.24 bits per heavy atom. The Labute approximate surface area is 220 Å². The lowest BCUT2D eigenvalue weighted by Crippen LogP contribution is -2.56. The van der Waals surface area contributed by atoms with Gasteiger partial charge in [-0.2, -0.15) is 0 Å². The summed E-state index contributed by atoms with van der Waals surface area (Å²) in [6.45, 7) is 3.83. The number of carbonyl (C=O) groups is 2. The zero-order valence-corrected chi connectivity index (χ0v) is 21.0. The maximum absolute atomic E-state index is 12.7. The molecule has 1 heterocycles. The molecule has 38 heavy (non-hydrogen) atoms. The SMILES string of the molecule is Cc1ccc(Oc2ccc(CNC(=O)[C@H](O)[C@@H](O)C(=O)N3CCN(c4ccccc4)CC3)cc2)cc1[NH+]=O. The number of anilines is 1. The van der Waals surface area contributed by atoms with Crippen LogP contribution < -0.4 is 20.1 Å². The smallest absolute Gasteiger partial charge is 0.259 e. The van der Waals surface area contributed by atoms with E-state index >= 15 is 0 Å². The number of para-hydroxylation sites is 1. The van der Waals surface area contributed by atoms with E-state index in [4.69, 9.17) is 4.74 Å². The molecule has 1 aliphatic rings. The predicted octanol–water partition coefficient (Wildman–Crippen LogP) is 0.953. The molecule has 3 aromatic rings. The molecule has 1 saturated heterocycles. The topological polar surface area (TPSA) is 133 Å². The molecule has 0 aliphatic carbocycles. The summed E-state index contributed by atoms with van der Waals surface area (Å²) in [5.41, 5.74) is 3.01. The van der Waals surface area contributed by atoms with E-state index in [1.807, 2.05) is 42.4 Å². The Balaban J connectivity index is 1.24. The summed E-state index contributed by atoms with van der Waals surface area (Å²) in [5, 5.41) is 25.1. The van der Waals surface area contributed by atoms with Gasteiger partial charge in [0.25, 0.3) is 17.5 Å². The molecule has 2 amide bonds. The van der Waals surface area contributed by atoms with E-state index in [0.717, 1.165) is 16.8 Å². The maximum atomic E-state index is 12.7. The first-order chi connectivity index (χ1) is 18.4. The second-order valence-corrected chi connectivity index (χ2v) is 9.08. The van der Waals surface area contributed by atoms with Crippen molar-refractivity contribution in [1.82, 2.24) is 10.2 Å². The van der Waals surface area contributed by atoms with Crippen molar-refractivity contribution in [3.8, 4) is 11.5 Å². The summed E-state index contributed by atoms with van der Waals surface area (Å²) < 4.78 is 5.76. The lowest BCUT2D eigenvalue weighted by atomic mass is 10.1. The number of hydrogen-bond donors (Lipinski definition) is 4. The van der Waals surface area contributed by atoms with Gasteiger partial charge in [0, 0.05) is 54.1 Å². The lowest BCUT2D eigenvalue weighted by Gasteiger charge is -2.37. The molecule has 10 heteroatoms. The first-order valence-corrected chi connectivity index (χ1v) is 12.3. The number of piperazine rings is 1. The fourth-order valence-corrected chi connectivity index (χ4v) is 4.17. The fraction of sp³-hybridized carbons (Fsp3) is 0.286. The van der Waals surface area contributed by atoms with Crippen LogP contribution in [0.5, 0.6) is 11.5 Å². The van der Waals surface area contributed by atoms with Crippen molar-refractivity contribution in [3.05, 3.63) is 88.8 Å². The first kappa shape index (κ1) is 26.8. The number of rotatable bonds is 9. The summed E-state index contributed by atoms with van der Waals surface area (Å²) in [5.74, 6) is -0.479. The number of aliphatic hydroxyl groups excluding tert-OH is 2. The Bertz CT molecular complexity index is 1260. The second-order valence-electron chi connectivity index (χ2n) is 9.08. The van der Waals surface area contributed by atoms with Gasteiger partial charge in [-0.15, -0.1) is 0 Å². The van der Waals surface area contributed by atoms with Crippen molar-refractivity contribution in [2.45, 2.75) is 25.7 Å². The zero-order chi connectivity index (χ0) is 27.1. The van der Waals surface area contributed by atoms with Crippen molar-refractivity contribution >= 4 is 23.2 Å². The van der Waals surface area contributed by atoms with Gasteiger partial charge in [0.1, 0.15) is 11.5 Å². The molecule has 1 aliphatic heterocycles. The standard InChI is InChI=1S/C28H30N4O6/c1-19-7-10-23(17-24(19)30-37)38-22-11-8-20(9-12-22)18-29-27(35)25(33)26(34)28(36)32-15-13-31(14-16-32)21-5-3-2-4-6-21/h2-12,17,25-26,33-34H,13-16,18H2,1H3,(H,29,35)/p+1/t25-,26-/m1/s1. The molecular weight excluding hydrogens is 488 g/mol. The van der Waals surface area contributed by atoms with Gasteiger partial charge in [-0.05, 0) is 48.9 Å². The largest absolute Gasteiger partial charge is 0.457 e. The highest BCUT2D eigenvalue weighted by Crippen LogP contribution is 2.25. The van der Waals surface area contributed by atoms with Gasteiger partial charge in [-0.1, -0.05) is 30.3 Å². The van der Waals surface area contributed by atoms with Gasteiger partial charge in [0.2, 0.25) is 0 Å². The molecule has 0 radical (unpaired) electrons. The number of aliphatic hydroxyl groups is 2. The molecule has 198 valence electrons. The number of hydrogen-bond acceptors (Lipinski definition) is 7. The average molecular weight is 520 g/mol. The van der Waals surface area contributed by atoms with E-state index in [1.54, 1.807) is 42.5 Å². The Hall–Kier alpha value is -4.28. The van der Waals surface area contributed by atoms with Crippen LogP contribution in [-0.2, 0) is 16.1 Å². The van der Waals surface area contributed by atoms with E-state index in [2.05, 4.69) is 10.2 Å². The molecular formula is C28H31N4O6+. The van der Waals surface area contributed by atoms with Crippen molar-refractivity contribution in [2.24, 2.45) is 0 Å². The number of aryl methyl sites for hydroxylation is 1. The first-order valence-electron chi connectivity index (χ1n) is 12.3. The van der Waals surface area contributed by atoms with Crippen LogP contribution in [-0.4, -0.2) is 65.3 Å². The van der Waals surface area contributed by atoms with Crippen molar-refractivity contribution in [3.63, 3.8) is 0 Å². The number of nitrogens with zero attached hydrogens (tertiary/aromatic N) is 2. The third-order valence-corrected chi connectivity index (χ3v) is 6.48. The second kappa shape index (κ2) is 12.3. The summed E-state index contributed by atoms with van der Waals surface area (Å²) in [4.78, 5) is 39.7. The molecule has 2 atom stereocenters. The highest BCUT2D eigenvalue weighted by Gasteiger charge is 2.34. The van der Waals surface area contributed by atoms with E-state index in [-0.39, 0.29) is 6.54 Å². The van der Waals surface area contributed by atoms with E-state index in [1.165, 1.54) is 4.90 Å². The number of nitroso groups, excluding NO2 is 1. The molecule has 3 aromatic carbocycles. The van der Waals surface area contributed by atoms with Crippen molar-refractivity contribution < 1.29 is 29.7 Å². The van der Waals surface area contributed by atoms with Crippen LogP contribution in [0.4, 0.5) is 11.4 Å². The minimum atomic E-state index is -1.89. The molecule has 0 saturated carbocycles. The van der Waals surface area contributed by atoms with Crippen LogP contribution in [0.2, 0.25) is 0 Å². The van der Waals surface area contributed by atoms with Gasteiger partial charge in [-0.25, -0.2) is 0 Å². The molecule has 0 spiro atoms. The number of amides is 2. The third-order valence-electron chi connectivity index (χ3n) is 6.48. The van der Waals surface area contributed by atoms with Crippen LogP contribution >= 0.6 is 0 Å². The van der Waals surface area contributed by atoms with Crippen molar-refractivity contribution in [1.29, 1.82) is 0 Å². The normalized spacial score (nSPS) is 14.9. The van der Waals surface area contributed by atoms with E-state index in [0.29, 0.717) is 43.4 Å². The summed E-state index contributed by atoms with van der Waals surface area (Å²) in [6.07, 6.45) is -3.74. The van der Waals surface area contributed by atoms with Crippen molar-refractivity contribution in [2.75, 3.05) is 31.1 Å². The van der Waals surface area contributed by atoms with Crippen LogP contribution in [0.3, 0.4) is 0 Å².